The van der Waals surface area contributed by atoms with Crippen LogP contribution in [0.5, 0.6) is 0 Å². The molecule has 0 radical (unpaired) electrons. The predicted octanol–water partition coefficient (Wildman–Crippen LogP) is 1.46. The molecular formula is C14H18FN3O2S. The third-order valence-corrected chi connectivity index (χ3v) is 5.68. The molecule has 1 fully saturated rings. The van der Waals surface area contributed by atoms with Gasteiger partial charge in [-0.1, -0.05) is 12.5 Å². The van der Waals surface area contributed by atoms with Crippen molar-refractivity contribution in [2.45, 2.75) is 30.2 Å². The predicted molar refractivity (Wildman–Crippen MR) is 76.6 cm³/mol. The van der Waals surface area contributed by atoms with Crippen LogP contribution in [-0.2, 0) is 10.0 Å². The lowest BCUT2D eigenvalue weighted by molar-refractivity contribution is 0.249. The lowest BCUT2D eigenvalue weighted by Gasteiger charge is -2.34. The summed E-state index contributed by atoms with van der Waals surface area (Å²) in [6.45, 7) is 0.937. The van der Waals surface area contributed by atoms with E-state index in [-0.39, 0.29) is 10.9 Å². The van der Waals surface area contributed by atoms with Gasteiger partial charge in [0.15, 0.2) is 0 Å². The van der Waals surface area contributed by atoms with Crippen LogP contribution in [-0.4, -0.2) is 38.9 Å². The van der Waals surface area contributed by atoms with Gasteiger partial charge >= 0.3 is 0 Å². The molecule has 7 heteroatoms. The molecule has 1 aromatic carbocycles. The van der Waals surface area contributed by atoms with Crippen molar-refractivity contribution in [2.75, 3.05) is 20.1 Å². The number of hydrogen-bond donors (Lipinski definition) is 1. The zero-order chi connectivity index (χ0) is 15.5. The highest BCUT2D eigenvalue weighted by molar-refractivity contribution is 7.89. The van der Waals surface area contributed by atoms with Crippen molar-refractivity contribution in [3.8, 4) is 6.07 Å². The first-order valence-corrected chi connectivity index (χ1v) is 8.31. The summed E-state index contributed by atoms with van der Waals surface area (Å²) >= 11 is 0. The molecule has 0 aliphatic carbocycles. The van der Waals surface area contributed by atoms with E-state index in [0.29, 0.717) is 13.1 Å². The van der Waals surface area contributed by atoms with Crippen molar-refractivity contribution in [1.29, 1.82) is 5.26 Å². The van der Waals surface area contributed by atoms with Crippen molar-refractivity contribution in [3.63, 3.8) is 0 Å². The Morgan fingerprint density at radius 1 is 1.48 bits per heavy atom. The number of piperidine rings is 1. The monoisotopic (exact) mass is 311 g/mol. The van der Waals surface area contributed by atoms with Crippen LogP contribution < -0.4 is 5.32 Å². The molecule has 0 spiro atoms. The molecule has 0 amide bonds. The number of halogens is 1. The Kier molecular flexibility index (Phi) is 4.93. The first-order valence-electron chi connectivity index (χ1n) is 6.87. The summed E-state index contributed by atoms with van der Waals surface area (Å²) in [4.78, 5) is -0.243. The molecule has 1 saturated heterocycles. The molecule has 1 heterocycles. The third-order valence-electron chi connectivity index (χ3n) is 3.69. The summed E-state index contributed by atoms with van der Waals surface area (Å²) in [5, 5.41) is 12.0. The summed E-state index contributed by atoms with van der Waals surface area (Å²) in [6, 6.07) is 5.21. The van der Waals surface area contributed by atoms with Crippen LogP contribution in [0.4, 0.5) is 4.39 Å². The maximum absolute atomic E-state index is 13.7. The Labute approximate surface area is 124 Å². The van der Waals surface area contributed by atoms with Gasteiger partial charge in [-0.05, 0) is 32.0 Å². The molecule has 1 unspecified atom stereocenters. The fraction of sp³-hybridized carbons (Fsp3) is 0.500. The molecule has 1 aliphatic rings. The molecule has 0 saturated carbocycles. The molecule has 1 N–H and O–H groups in total. The van der Waals surface area contributed by atoms with E-state index in [9.17, 15) is 12.8 Å². The summed E-state index contributed by atoms with van der Waals surface area (Å²) in [7, 11) is -2.10. The van der Waals surface area contributed by atoms with Crippen molar-refractivity contribution >= 4 is 10.0 Å². The third kappa shape index (κ3) is 3.07. The highest BCUT2D eigenvalue weighted by Gasteiger charge is 2.35. The smallest absolute Gasteiger partial charge is 0.244 e. The molecule has 0 aromatic heterocycles. The number of nitriles is 1. The zero-order valence-electron chi connectivity index (χ0n) is 11.8. The Balaban J connectivity index is 2.46. The molecule has 2 rings (SSSR count). The number of rotatable bonds is 4. The van der Waals surface area contributed by atoms with E-state index in [1.807, 2.05) is 0 Å². The molecule has 1 atom stereocenters. The Morgan fingerprint density at radius 3 is 2.90 bits per heavy atom. The molecule has 21 heavy (non-hydrogen) atoms. The second kappa shape index (κ2) is 6.52. The van der Waals surface area contributed by atoms with Crippen LogP contribution in [0.2, 0.25) is 0 Å². The first kappa shape index (κ1) is 15.9. The van der Waals surface area contributed by atoms with Gasteiger partial charge in [-0.3, -0.25) is 0 Å². The SMILES string of the molecule is CNCC1CCCCN1S(=O)(=O)c1cccc(F)c1C#N. The number of sulfonamides is 1. The van der Waals surface area contributed by atoms with Crippen molar-refractivity contribution in [3.05, 3.63) is 29.6 Å². The fourth-order valence-corrected chi connectivity index (χ4v) is 4.53. The highest BCUT2D eigenvalue weighted by atomic mass is 32.2. The average molecular weight is 311 g/mol. The standard InChI is InChI=1S/C14H18FN3O2S/c1-17-10-11-5-2-3-8-18(11)21(19,20)14-7-4-6-13(15)12(14)9-16/h4,6-7,11,17H,2-3,5,8,10H2,1H3. The number of hydrogen-bond acceptors (Lipinski definition) is 4. The minimum atomic E-state index is -3.87. The van der Waals surface area contributed by atoms with Crippen LogP contribution in [0, 0.1) is 17.1 Å². The second-order valence-corrected chi connectivity index (χ2v) is 6.91. The van der Waals surface area contributed by atoms with Gasteiger partial charge in [-0.15, -0.1) is 0 Å². The van der Waals surface area contributed by atoms with Gasteiger partial charge in [-0.2, -0.15) is 9.57 Å². The van der Waals surface area contributed by atoms with E-state index in [0.717, 1.165) is 25.3 Å². The maximum atomic E-state index is 13.7. The van der Waals surface area contributed by atoms with Crippen LogP contribution >= 0.6 is 0 Å². The van der Waals surface area contributed by atoms with E-state index in [2.05, 4.69) is 5.32 Å². The number of benzene rings is 1. The van der Waals surface area contributed by atoms with Crippen molar-refractivity contribution in [2.24, 2.45) is 0 Å². The number of nitrogens with one attached hydrogen (secondary N) is 1. The number of nitrogens with zero attached hydrogens (tertiary/aromatic N) is 2. The molecule has 114 valence electrons. The van der Waals surface area contributed by atoms with Gasteiger partial charge in [0.2, 0.25) is 10.0 Å². The normalized spacial score (nSPS) is 20.1. The lowest BCUT2D eigenvalue weighted by Crippen LogP contribution is -2.48. The van der Waals surface area contributed by atoms with Crippen LogP contribution in [0.3, 0.4) is 0 Å². The second-order valence-electron chi connectivity index (χ2n) is 5.05. The van der Waals surface area contributed by atoms with Gasteiger partial charge < -0.3 is 5.32 Å². The minimum absolute atomic E-state index is 0.163. The topological polar surface area (TPSA) is 73.2 Å². The zero-order valence-corrected chi connectivity index (χ0v) is 12.7. The van der Waals surface area contributed by atoms with E-state index < -0.39 is 21.4 Å². The van der Waals surface area contributed by atoms with Crippen LogP contribution in [0.25, 0.3) is 0 Å². The van der Waals surface area contributed by atoms with Crippen molar-refractivity contribution < 1.29 is 12.8 Å². The Bertz CT molecular complexity index is 653. The minimum Gasteiger partial charge on any atom is -0.318 e. The molecule has 1 aliphatic heterocycles. The molecule has 1 aromatic rings. The van der Waals surface area contributed by atoms with Gasteiger partial charge in [0.25, 0.3) is 0 Å². The lowest BCUT2D eigenvalue weighted by atomic mass is 10.1. The summed E-state index contributed by atoms with van der Waals surface area (Å²) in [5.41, 5.74) is -0.411. The summed E-state index contributed by atoms with van der Waals surface area (Å²) in [6.07, 6.45) is 2.50. The van der Waals surface area contributed by atoms with E-state index >= 15 is 0 Å². The molecule has 0 bridgehead atoms. The Morgan fingerprint density at radius 2 is 2.24 bits per heavy atom. The van der Waals surface area contributed by atoms with Gasteiger partial charge in [-0.25, -0.2) is 12.8 Å². The van der Waals surface area contributed by atoms with Crippen LogP contribution in [0.1, 0.15) is 24.8 Å². The largest absolute Gasteiger partial charge is 0.318 e. The van der Waals surface area contributed by atoms with E-state index in [1.165, 1.54) is 16.4 Å². The number of likely N-dealkylation sites (N-methyl/N-ethyl adjacent to an activating group) is 1. The van der Waals surface area contributed by atoms with E-state index in [4.69, 9.17) is 5.26 Å². The Hall–Kier alpha value is -1.49. The first-order chi connectivity index (χ1) is 10.0. The summed E-state index contributed by atoms with van der Waals surface area (Å²) in [5.74, 6) is -0.805. The highest BCUT2D eigenvalue weighted by Crippen LogP contribution is 2.27. The van der Waals surface area contributed by atoms with Crippen molar-refractivity contribution in [1.82, 2.24) is 9.62 Å². The van der Waals surface area contributed by atoms with E-state index in [1.54, 1.807) is 13.1 Å². The summed E-state index contributed by atoms with van der Waals surface area (Å²) < 4.78 is 40.6. The average Bonchev–Trinajstić information content (AvgIpc) is 2.47. The van der Waals surface area contributed by atoms with Gasteiger partial charge in [0.1, 0.15) is 22.3 Å². The molecule has 5 nitrogen and oxygen atoms in total. The van der Waals surface area contributed by atoms with Gasteiger partial charge in [0.05, 0.1) is 0 Å². The molecular weight excluding hydrogens is 293 g/mol. The quantitative estimate of drug-likeness (QED) is 0.913. The fourth-order valence-electron chi connectivity index (χ4n) is 2.68. The maximum Gasteiger partial charge on any atom is 0.244 e. The van der Waals surface area contributed by atoms with Crippen LogP contribution in [0.15, 0.2) is 23.1 Å². The van der Waals surface area contributed by atoms with Gasteiger partial charge in [0, 0.05) is 19.1 Å².